The van der Waals surface area contributed by atoms with Crippen LogP contribution in [0.25, 0.3) is 0 Å². The number of ether oxygens (including phenoxy) is 3. The van der Waals surface area contributed by atoms with Crippen molar-refractivity contribution in [3.8, 4) is 11.5 Å². The third kappa shape index (κ3) is 3.86. The molecule has 1 aliphatic heterocycles. The molecule has 0 bridgehead atoms. The van der Waals surface area contributed by atoms with Gasteiger partial charge in [-0.05, 0) is 24.6 Å². The van der Waals surface area contributed by atoms with Crippen LogP contribution in [-0.2, 0) is 9.53 Å². The third-order valence-corrected chi connectivity index (χ3v) is 3.80. The highest BCUT2D eigenvalue weighted by atomic mass is 16.6. The van der Waals surface area contributed by atoms with E-state index in [0.29, 0.717) is 24.7 Å². The van der Waals surface area contributed by atoms with Crippen molar-refractivity contribution in [2.24, 2.45) is 0 Å². The number of morpholine rings is 1. The number of hydrogen-bond acceptors (Lipinski definition) is 4. The summed E-state index contributed by atoms with van der Waals surface area (Å²) in [5.41, 5.74) is 0.991. The second-order valence-corrected chi connectivity index (χ2v) is 5.48. The predicted octanol–water partition coefficient (Wildman–Crippen LogP) is 2.72. The van der Waals surface area contributed by atoms with E-state index in [0.717, 1.165) is 5.56 Å². The van der Waals surface area contributed by atoms with Crippen LogP contribution in [0.5, 0.6) is 11.5 Å². The molecule has 0 aromatic heterocycles. The van der Waals surface area contributed by atoms with Crippen LogP contribution >= 0.6 is 0 Å². The van der Waals surface area contributed by atoms with Crippen molar-refractivity contribution in [3.05, 3.63) is 60.2 Å². The summed E-state index contributed by atoms with van der Waals surface area (Å²) in [6, 6.07) is 17.4. The van der Waals surface area contributed by atoms with Crippen molar-refractivity contribution in [2.75, 3.05) is 19.8 Å². The molecule has 2 atom stereocenters. The van der Waals surface area contributed by atoms with Crippen molar-refractivity contribution in [1.82, 2.24) is 5.32 Å². The van der Waals surface area contributed by atoms with Crippen molar-refractivity contribution >= 4 is 5.91 Å². The minimum atomic E-state index is -0.339. The number of para-hydroxylation sites is 2. The molecule has 1 amide bonds. The number of benzene rings is 2. The summed E-state index contributed by atoms with van der Waals surface area (Å²) in [6.07, 6.45) is -0.604. The quantitative estimate of drug-likeness (QED) is 0.886. The van der Waals surface area contributed by atoms with Gasteiger partial charge in [-0.2, -0.15) is 0 Å². The van der Waals surface area contributed by atoms with Crippen LogP contribution in [-0.4, -0.2) is 31.8 Å². The van der Waals surface area contributed by atoms with Gasteiger partial charge in [0.15, 0.2) is 17.6 Å². The van der Waals surface area contributed by atoms with Gasteiger partial charge >= 0.3 is 0 Å². The molecule has 1 N–H and O–H groups in total. The highest BCUT2D eigenvalue weighted by molar-refractivity contribution is 5.77. The second kappa shape index (κ2) is 7.84. The molecule has 1 saturated heterocycles. The molecule has 24 heavy (non-hydrogen) atoms. The first-order valence-electron chi connectivity index (χ1n) is 8.09. The fraction of sp³-hybridized carbons (Fsp3) is 0.316. The monoisotopic (exact) mass is 327 g/mol. The molecule has 1 fully saturated rings. The van der Waals surface area contributed by atoms with Crippen LogP contribution in [0, 0.1) is 0 Å². The topological polar surface area (TPSA) is 56.8 Å². The van der Waals surface area contributed by atoms with E-state index in [9.17, 15) is 4.79 Å². The van der Waals surface area contributed by atoms with Gasteiger partial charge < -0.3 is 19.5 Å². The summed E-state index contributed by atoms with van der Waals surface area (Å²) in [5.74, 6) is 1.25. The number of nitrogens with one attached hydrogen (secondary N) is 1. The smallest absolute Gasteiger partial charge is 0.246 e. The Hall–Kier alpha value is -2.53. The van der Waals surface area contributed by atoms with Crippen LogP contribution in [0.3, 0.4) is 0 Å². The van der Waals surface area contributed by atoms with Crippen LogP contribution in [0.4, 0.5) is 0 Å². The fourth-order valence-corrected chi connectivity index (χ4v) is 2.66. The summed E-state index contributed by atoms with van der Waals surface area (Å²) in [7, 11) is 0. The number of carbonyl (C=O) groups is 1. The first-order chi connectivity index (χ1) is 11.8. The van der Waals surface area contributed by atoms with Gasteiger partial charge in [0.1, 0.15) is 12.7 Å². The van der Waals surface area contributed by atoms with Gasteiger partial charge in [-0.1, -0.05) is 42.5 Å². The lowest BCUT2D eigenvalue weighted by molar-refractivity contribution is -0.137. The molecule has 1 unspecified atom stereocenters. The molecule has 5 heteroatoms. The summed E-state index contributed by atoms with van der Waals surface area (Å²) < 4.78 is 17.6. The van der Waals surface area contributed by atoms with E-state index in [2.05, 4.69) is 5.32 Å². The standard InChI is InChI=1S/C19H21NO4/c1-2-22-15-10-6-7-11-16(15)24-19(14-8-4-3-5-9-14)17-12-20-18(21)13-23-17/h3-11,17,19H,2,12-13H2,1H3,(H,20,21)/t17?,19-/m0/s1. The number of amides is 1. The van der Waals surface area contributed by atoms with Crippen molar-refractivity contribution in [1.29, 1.82) is 0 Å². The first-order valence-corrected chi connectivity index (χ1v) is 8.09. The normalized spacial score (nSPS) is 18.5. The van der Waals surface area contributed by atoms with Gasteiger partial charge in [0.25, 0.3) is 0 Å². The average molecular weight is 327 g/mol. The molecule has 3 rings (SSSR count). The Labute approximate surface area is 141 Å². The predicted molar refractivity (Wildman–Crippen MR) is 90.2 cm³/mol. The van der Waals surface area contributed by atoms with Gasteiger partial charge in [0, 0.05) is 6.54 Å². The molecule has 2 aromatic rings. The molecule has 1 aliphatic rings. The summed E-state index contributed by atoms with van der Waals surface area (Å²) >= 11 is 0. The van der Waals surface area contributed by atoms with Crippen LogP contribution in [0.15, 0.2) is 54.6 Å². The largest absolute Gasteiger partial charge is 0.490 e. The number of hydrogen-bond donors (Lipinski definition) is 1. The molecule has 0 aliphatic carbocycles. The Bertz CT molecular complexity index is 664. The fourth-order valence-electron chi connectivity index (χ4n) is 2.66. The molecule has 0 radical (unpaired) electrons. The molecule has 5 nitrogen and oxygen atoms in total. The molecule has 126 valence electrons. The van der Waals surface area contributed by atoms with E-state index in [1.54, 1.807) is 0 Å². The van der Waals surface area contributed by atoms with Crippen LogP contribution < -0.4 is 14.8 Å². The van der Waals surface area contributed by atoms with Crippen LogP contribution in [0.2, 0.25) is 0 Å². The van der Waals surface area contributed by atoms with E-state index in [4.69, 9.17) is 14.2 Å². The Balaban J connectivity index is 1.86. The lowest BCUT2D eigenvalue weighted by Gasteiger charge is -2.31. The minimum absolute atomic E-state index is 0.0461. The molecule has 0 spiro atoms. The lowest BCUT2D eigenvalue weighted by Crippen LogP contribution is -2.46. The SMILES string of the molecule is CCOc1ccccc1O[C@@H](c1ccccc1)C1CNC(=O)CO1. The highest BCUT2D eigenvalue weighted by Crippen LogP contribution is 2.33. The zero-order valence-electron chi connectivity index (χ0n) is 13.6. The van der Waals surface area contributed by atoms with E-state index in [-0.39, 0.29) is 24.7 Å². The van der Waals surface area contributed by atoms with Crippen molar-refractivity contribution in [2.45, 2.75) is 19.1 Å². The summed E-state index contributed by atoms with van der Waals surface area (Å²) in [6.45, 7) is 2.96. The maximum absolute atomic E-state index is 11.4. The van der Waals surface area contributed by atoms with E-state index in [1.165, 1.54) is 0 Å². The van der Waals surface area contributed by atoms with Gasteiger partial charge in [0.2, 0.25) is 5.91 Å². The van der Waals surface area contributed by atoms with E-state index in [1.807, 2.05) is 61.5 Å². The molecule has 0 saturated carbocycles. The zero-order chi connectivity index (χ0) is 16.8. The molecular formula is C19H21NO4. The number of carbonyl (C=O) groups excluding carboxylic acids is 1. The summed E-state index contributed by atoms with van der Waals surface area (Å²) in [4.78, 5) is 11.4. The zero-order valence-corrected chi connectivity index (χ0v) is 13.6. The second-order valence-electron chi connectivity index (χ2n) is 5.48. The van der Waals surface area contributed by atoms with E-state index < -0.39 is 0 Å². The third-order valence-electron chi connectivity index (χ3n) is 3.80. The van der Waals surface area contributed by atoms with Gasteiger partial charge in [-0.15, -0.1) is 0 Å². The minimum Gasteiger partial charge on any atom is -0.490 e. The molecule has 2 aromatic carbocycles. The van der Waals surface area contributed by atoms with Gasteiger partial charge in [0.05, 0.1) is 6.61 Å². The Kier molecular flexibility index (Phi) is 5.33. The van der Waals surface area contributed by atoms with Gasteiger partial charge in [-0.3, -0.25) is 4.79 Å². The van der Waals surface area contributed by atoms with Gasteiger partial charge in [-0.25, -0.2) is 0 Å². The van der Waals surface area contributed by atoms with Crippen molar-refractivity contribution in [3.63, 3.8) is 0 Å². The maximum atomic E-state index is 11.4. The highest BCUT2D eigenvalue weighted by Gasteiger charge is 2.30. The Morgan fingerprint density at radius 2 is 1.83 bits per heavy atom. The van der Waals surface area contributed by atoms with E-state index >= 15 is 0 Å². The molecular weight excluding hydrogens is 306 g/mol. The number of rotatable bonds is 6. The maximum Gasteiger partial charge on any atom is 0.246 e. The Morgan fingerprint density at radius 3 is 2.50 bits per heavy atom. The van der Waals surface area contributed by atoms with Crippen LogP contribution in [0.1, 0.15) is 18.6 Å². The van der Waals surface area contributed by atoms with Crippen molar-refractivity contribution < 1.29 is 19.0 Å². The first kappa shape index (κ1) is 16.3. The Morgan fingerprint density at radius 1 is 1.12 bits per heavy atom. The average Bonchev–Trinajstić information content (AvgIpc) is 2.63. The summed E-state index contributed by atoms with van der Waals surface area (Å²) in [5, 5.41) is 2.83. The molecule has 1 heterocycles. The lowest BCUT2D eigenvalue weighted by atomic mass is 10.0.